The van der Waals surface area contributed by atoms with E-state index >= 15 is 0 Å². The SMILES string of the molecule is N/N=C/c1ccc(-c2ccccn2)cc1.[V]. The second-order valence-electron chi connectivity index (χ2n) is 3.12. The van der Waals surface area contributed by atoms with Crippen LogP contribution in [-0.4, -0.2) is 11.2 Å². The number of hydrazone groups is 1. The van der Waals surface area contributed by atoms with Crippen LogP contribution in [0.4, 0.5) is 0 Å². The van der Waals surface area contributed by atoms with Gasteiger partial charge < -0.3 is 5.84 Å². The molecule has 0 aliphatic heterocycles. The molecular formula is C12H11N3V. The first kappa shape index (κ1) is 12.5. The van der Waals surface area contributed by atoms with Gasteiger partial charge in [0.05, 0.1) is 11.9 Å². The molecule has 79 valence electrons. The number of hydrogen-bond acceptors (Lipinski definition) is 3. The van der Waals surface area contributed by atoms with Crippen molar-refractivity contribution in [2.24, 2.45) is 10.9 Å². The first-order valence-electron chi connectivity index (χ1n) is 4.65. The molecule has 0 aliphatic carbocycles. The Hall–Kier alpha value is -1.58. The standard InChI is InChI=1S/C12H11N3.V/c13-15-9-10-4-6-11(7-5-10)12-3-1-2-8-14-12;/h1-9H,13H2;/b15-9+;. The van der Waals surface area contributed by atoms with Gasteiger partial charge in [-0.25, -0.2) is 0 Å². The third-order valence-corrected chi connectivity index (χ3v) is 2.09. The van der Waals surface area contributed by atoms with E-state index in [0.717, 1.165) is 16.8 Å². The molecule has 2 N–H and O–H groups in total. The van der Waals surface area contributed by atoms with Gasteiger partial charge >= 0.3 is 0 Å². The van der Waals surface area contributed by atoms with Gasteiger partial charge in [-0.2, -0.15) is 5.10 Å². The van der Waals surface area contributed by atoms with Gasteiger partial charge in [-0.1, -0.05) is 30.3 Å². The normalized spacial score (nSPS) is 10.0. The van der Waals surface area contributed by atoms with E-state index in [0.29, 0.717) is 0 Å². The topological polar surface area (TPSA) is 51.3 Å². The average Bonchev–Trinajstić information content (AvgIpc) is 2.32. The van der Waals surface area contributed by atoms with Gasteiger partial charge in [-0.15, -0.1) is 0 Å². The summed E-state index contributed by atoms with van der Waals surface area (Å²) in [5, 5.41) is 3.47. The minimum Gasteiger partial charge on any atom is -0.323 e. The van der Waals surface area contributed by atoms with E-state index in [1.807, 2.05) is 42.5 Å². The first-order chi connectivity index (χ1) is 7.40. The summed E-state index contributed by atoms with van der Waals surface area (Å²) in [6.45, 7) is 0. The summed E-state index contributed by atoms with van der Waals surface area (Å²) >= 11 is 0. The van der Waals surface area contributed by atoms with Crippen molar-refractivity contribution < 1.29 is 18.6 Å². The Morgan fingerprint density at radius 3 is 2.38 bits per heavy atom. The van der Waals surface area contributed by atoms with E-state index in [4.69, 9.17) is 5.84 Å². The van der Waals surface area contributed by atoms with Crippen molar-refractivity contribution in [2.75, 3.05) is 0 Å². The van der Waals surface area contributed by atoms with Crippen molar-refractivity contribution in [3.63, 3.8) is 0 Å². The Labute approximate surface area is 106 Å². The summed E-state index contributed by atoms with van der Waals surface area (Å²) in [4.78, 5) is 4.27. The molecule has 0 atom stereocenters. The molecule has 1 radical (unpaired) electrons. The molecule has 0 fully saturated rings. The third-order valence-electron chi connectivity index (χ3n) is 2.09. The summed E-state index contributed by atoms with van der Waals surface area (Å²) in [5.74, 6) is 5.07. The molecule has 0 aliphatic rings. The number of nitrogens with two attached hydrogens (primary N) is 1. The summed E-state index contributed by atoms with van der Waals surface area (Å²) in [6.07, 6.45) is 3.40. The second-order valence-corrected chi connectivity index (χ2v) is 3.12. The van der Waals surface area contributed by atoms with Crippen LogP contribution in [0.25, 0.3) is 11.3 Å². The molecule has 2 rings (SSSR count). The Bertz CT molecular complexity index is 451. The molecule has 1 heterocycles. The predicted octanol–water partition coefficient (Wildman–Crippen LogP) is 2.04. The largest absolute Gasteiger partial charge is 0.323 e. The van der Waals surface area contributed by atoms with E-state index in [2.05, 4.69) is 10.1 Å². The zero-order chi connectivity index (χ0) is 10.5. The van der Waals surface area contributed by atoms with Gasteiger partial charge in [0.15, 0.2) is 0 Å². The van der Waals surface area contributed by atoms with Crippen LogP contribution in [-0.2, 0) is 18.6 Å². The summed E-state index contributed by atoms with van der Waals surface area (Å²) < 4.78 is 0. The Balaban J connectivity index is 0.00000128. The van der Waals surface area contributed by atoms with Crippen LogP contribution in [0.5, 0.6) is 0 Å². The van der Waals surface area contributed by atoms with Gasteiger partial charge in [0.2, 0.25) is 0 Å². The molecule has 16 heavy (non-hydrogen) atoms. The van der Waals surface area contributed by atoms with Crippen LogP contribution in [0.15, 0.2) is 53.8 Å². The molecule has 1 aromatic carbocycles. The first-order valence-corrected chi connectivity index (χ1v) is 4.65. The number of benzene rings is 1. The zero-order valence-electron chi connectivity index (χ0n) is 8.62. The number of nitrogens with zero attached hydrogens (tertiary/aromatic N) is 2. The molecule has 0 saturated heterocycles. The fraction of sp³-hybridized carbons (Fsp3) is 0. The van der Waals surface area contributed by atoms with Crippen molar-refractivity contribution in [3.05, 3.63) is 54.2 Å². The molecule has 0 amide bonds. The molecule has 3 nitrogen and oxygen atoms in total. The predicted molar refractivity (Wildman–Crippen MR) is 61.5 cm³/mol. The van der Waals surface area contributed by atoms with E-state index < -0.39 is 0 Å². The fourth-order valence-corrected chi connectivity index (χ4v) is 1.36. The second kappa shape index (κ2) is 6.10. The molecule has 0 unspecified atom stereocenters. The summed E-state index contributed by atoms with van der Waals surface area (Å²) in [6, 6.07) is 13.8. The van der Waals surface area contributed by atoms with Crippen LogP contribution in [0.3, 0.4) is 0 Å². The van der Waals surface area contributed by atoms with E-state index in [1.165, 1.54) is 0 Å². The van der Waals surface area contributed by atoms with E-state index in [9.17, 15) is 0 Å². The molecule has 1 aromatic heterocycles. The van der Waals surface area contributed by atoms with Crippen LogP contribution in [0.1, 0.15) is 5.56 Å². The minimum atomic E-state index is 0. The van der Waals surface area contributed by atoms with Crippen LogP contribution in [0.2, 0.25) is 0 Å². The van der Waals surface area contributed by atoms with Crippen LogP contribution >= 0.6 is 0 Å². The fourth-order valence-electron chi connectivity index (χ4n) is 1.36. The number of aromatic nitrogens is 1. The Morgan fingerprint density at radius 2 is 1.81 bits per heavy atom. The molecule has 4 heteroatoms. The third kappa shape index (κ3) is 2.96. The van der Waals surface area contributed by atoms with Gasteiger partial charge in [-0.05, 0) is 17.7 Å². The monoisotopic (exact) mass is 248 g/mol. The molecular weight excluding hydrogens is 237 g/mol. The van der Waals surface area contributed by atoms with E-state index in [-0.39, 0.29) is 18.6 Å². The Kier molecular flexibility index (Phi) is 4.77. The van der Waals surface area contributed by atoms with E-state index in [1.54, 1.807) is 12.4 Å². The number of hydrogen-bond donors (Lipinski definition) is 1. The number of pyridine rings is 1. The van der Waals surface area contributed by atoms with Gasteiger partial charge in [-0.3, -0.25) is 4.98 Å². The maximum Gasteiger partial charge on any atom is 0.0701 e. The van der Waals surface area contributed by atoms with Crippen molar-refractivity contribution in [3.8, 4) is 11.3 Å². The summed E-state index contributed by atoms with van der Waals surface area (Å²) in [7, 11) is 0. The van der Waals surface area contributed by atoms with Crippen molar-refractivity contribution in [1.29, 1.82) is 0 Å². The van der Waals surface area contributed by atoms with Crippen molar-refractivity contribution in [1.82, 2.24) is 4.98 Å². The molecule has 2 aromatic rings. The van der Waals surface area contributed by atoms with Crippen molar-refractivity contribution >= 4 is 6.21 Å². The van der Waals surface area contributed by atoms with Gasteiger partial charge in [0.25, 0.3) is 0 Å². The maximum absolute atomic E-state index is 5.07. The Morgan fingerprint density at radius 1 is 1.06 bits per heavy atom. The van der Waals surface area contributed by atoms with Gasteiger partial charge in [0, 0.05) is 30.3 Å². The molecule has 0 saturated carbocycles. The molecule has 0 spiro atoms. The summed E-state index contributed by atoms with van der Waals surface area (Å²) in [5.41, 5.74) is 3.04. The van der Waals surface area contributed by atoms with Crippen molar-refractivity contribution in [2.45, 2.75) is 0 Å². The minimum absolute atomic E-state index is 0. The zero-order valence-corrected chi connectivity index (χ0v) is 10.0. The molecule has 0 bridgehead atoms. The average molecular weight is 248 g/mol. The van der Waals surface area contributed by atoms with Crippen LogP contribution in [0, 0.1) is 0 Å². The van der Waals surface area contributed by atoms with Crippen LogP contribution < -0.4 is 5.84 Å². The quantitative estimate of drug-likeness (QED) is 0.502. The van der Waals surface area contributed by atoms with Gasteiger partial charge in [0.1, 0.15) is 0 Å². The number of rotatable bonds is 2. The maximum atomic E-state index is 5.07. The smallest absolute Gasteiger partial charge is 0.0701 e.